The largest absolute Gasteiger partial charge is 0.462 e. The molecule has 0 spiro atoms. The van der Waals surface area contributed by atoms with Crippen LogP contribution in [0.1, 0.15) is 50.0 Å². The summed E-state index contributed by atoms with van der Waals surface area (Å²) in [4.78, 5) is 10.8. The van der Waals surface area contributed by atoms with E-state index in [4.69, 9.17) is 9.52 Å². The molecule has 1 saturated carbocycles. The topological polar surface area (TPSA) is 74.4 Å². The first kappa shape index (κ1) is 23.2. The van der Waals surface area contributed by atoms with E-state index < -0.39 is 0 Å². The zero-order chi connectivity index (χ0) is 22.2. The summed E-state index contributed by atoms with van der Waals surface area (Å²) in [5.74, 6) is 5.11. The fraction of sp³-hybridized carbons (Fsp3) is 0.520. The number of furan rings is 1. The Morgan fingerprint density at radius 1 is 1.03 bits per heavy atom. The van der Waals surface area contributed by atoms with Gasteiger partial charge in [0, 0.05) is 19.5 Å². The van der Waals surface area contributed by atoms with Crippen LogP contribution in [0.4, 0.5) is 5.82 Å². The van der Waals surface area contributed by atoms with Crippen LogP contribution in [0, 0.1) is 18.8 Å². The molecule has 1 fully saturated rings. The number of anilines is 1. The van der Waals surface area contributed by atoms with E-state index in [1.54, 1.807) is 0 Å². The molecule has 0 unspecified atom stereocenters. The lowest BCUT2D eigenvalue weighted by Crippen LogP contribution is -2.25. The van der Waals surface area contributed by atoms with Crippen LogP contribution in [-0.2, 0) is 13.2 Å². The molecular weight excluding hydrogens is 388 g/mol. The number of fused-ring (bicyclic) bond motifs is 1. The van der Waals surface area contributed by atoms with Gasteiger partial charge in [-0.3, -0.25) is 0 Å². The van der Waals surface area contributed by atoms with E-state index in [1.165, 1.54) is 25.7 Å². The molecule has 3 aromatic rings. The summed E-state index contributed by atoms with van der Waals surface area (Å²) in [6, 6.07) is 11.8. The number of nitrogens with zero attached hydrogens (tertiary/aromatic N) is 3. The van der Waals surface area contributed by atoms with E-state index in [0.717, 1.165) is 53.2 Å². The summed E-state index contributed by atoms with van der Waals surface area (Å²) < 4.78 is 5.43. The van der Waals surface area contributed by atoms with Crippen LogP contribution in [0.2, 0.25) is 0 Å². The van der Waals surface area contributed by atoms with Gasteiger partial charge in [-0.05, 0) is 62.4 Å². The quantitative estimate of drug-likeness (QED) is 0.598. The van der Waals surface area contributed by atoms with Crippen molar-refractivity contribution in [1.29, 1.82) is 0 Å². The molecule has 2 aromatic heterocycles. The van der Waals surface area contributed by atoms with Gasteiger partial charge in [0.25, 0.3) is 0 Å². The molecule has 0 bridgehead atoms. The standard InChI is InChI=1S/C14H23NO2.C11H13N3/c1-11-2-4-12(5-3-11)8-15-9-13-6-7-14(10-16)17-13;1-8-12-10-7-5-4-6-9(10)11(13-8)14(2)3/h6-7,11-12,15-16H,2-5,8-10H2,1H3;4-7H,1-3H3. The summed E-state index contributed by atoms with van der Waals surface area (Å²) in [5.41, 5.74) is 1.00. The molecule has 0 atom stereocenters. The Hall–Kier alpha value is -2.44. The van der Waals surface area contributed by atoms with Crippen molar-refractivity contribution in [3.63, 3.8) is 0 Å². The van der Waals surface area contributed by atoms with Crippen molar-refractivity contribution in [2.24, 2.45) is 11.8 Å². The number of nitrogens with one attached hydrogen (secondary N) is 1. The average Bonchev–Trinajstić information content (AvgIpc) is 3.23. The number of aryl methyl sites for hydroxylation is 1. The first-order valence-electron chi connectivity index (χ1n) is 11.3. The highest BCUT2D eigenvalue weighted by molar-refractivity contribution is 5.89. The van der Waals surface area contributed by atoms with Gasteiger partial charge in [-0.1, -0.05) is 31.9 Å². The van der Waals surface area contributed by atoms with Gasteiger partial charge in [0.1, 0.15) is 29.8 Å². The Morgan fingerprint density at radius 2 is 1.74 bits per heavy atom. The van der Waals surface area contributed by atoms with Crippen LogP contribution in [0.25, 0.3) is 10.9 Å². The molecule has 0 radical (unpaired) electrons. The minimum Gasteiger partial charge on any atom is -0.462 e. The minimum absolute atomic E-state index is 0.0134. The lowest BCUT2D eigenvalue weighted by molar-refractivity contribution is 0.241. The highest BCUT2D eigenvalue weighted by atomic mass is 16.4. The lowest BCUT2D eigenvalue weighted by atomic mass is 9.83. The molecule has 1 aliphatic rings. The number of hydrogen-bond acceptors (Lipinski definition) is 6. The predicted molar refractivity (Wildman–Crippen MR) is 126 cm³/mol. The van der Waals surface area contributed by atoms with E-state index in [0.29, 0.717) is 5.76 Å². The number of hydrogen-bond donors (Lipinski definition) is 2. The fourth-order valence-electron chi connectivity index (χ4n) is 4.05. The molecule has 1 aliphatic carbocycles. The van der Waals surface area contributed by atoms with E-state index >= 15 is 0 Å². The van der Waals surface area contributed by atoms with Crippen LogP contribution in [0.5, 0.6) is 0 Å². The second kappa shape index (κ2) is 11.3. The lowest BCUT2D eigenvalue weighted by Gasteiger charge is -2.26. The Labute approximate surface area is 185 Å². The molecule has 0 aliphatic heterocycles. The van der Waals surface area contributed by atoms with Crippen molar-refractivity contribution in [3.05, 3.63) is 53.7 Å². The molecule has 4 rings (SSSR count). The predicted octanol–water partition coefficient (Wildman–Crippen LogP) is 4.69. The van der Waals surface area contributed by atoms with Gasteiger partial charge in [-0.25, -0.2) is 9.97 Å². The van der Waals surface area contributed by atoms with Gasteiger partial charge in [0.05, 0.1) is 12.1 Å². The number of benzene rings is 1. The molecule has 31 heavy (non-hydrogen) atoms. The fourth-order valence-corrected chi connectivity index (χ4v) is 4.05. The van der Waals surface area contributed by atoms with Crippen LogP contribution < -0.4 is 10.2 Å². The van der Waals surface area contributed by atoms with Gasteiger partial charge in [-0.15, -0.1) is 0 Å². The van der Waals surface area contributed by atoms with Crippen molar-refractivity contribution in [2.45, 2.75) is 52.7 Å². The van der Waals surface area contributed by atoms with Gasteiger partial charge < -0.3 is 19.7 Å². The molecular formula is C25H36N4O2. The highest BCUT2D eigenvalue weighted by Crippen LogP contribution is 2.27. The molecule has 1 aromatic carbocycles. The molecule has 168 valence electrons. The summed E-state index contributed by atoms with van der Waals surface area (Å²) >= 11 is 0. The third-order valence-electron chi connectivity index (χ3n) is 5.86. The maximum absolute atomic E-state index is 8.89. The van der Waals surface area contributed by atoms with Crippen molar-refractivity contribution in [3.8, 4) is 0 Å². The maximum atomic E-state index is 8.89. The Morgan fingerprint density at radius 3 is 2.42 bits per heavy atom. The van der Waals surface area contributed by atoms with Gasteiger partial charge >= 0.3 is 0 Å². The molecule has 2 heterocycles. The second-order valence-corrected chi connectivity index (χ2v) is 8.79. The first-order chi connectivity index (χ1) is 15.0. The Bertz CT molecular complexity index is 946. The van der Waals surface area contributed by atoms with Crippen molar-refractivity contribution in [2.75, 3.05) is 25.5 Å². The van der Waals surface area contributed by atoms with Gasteiger partial charge in [-0.2, -0.15) is 0 Å². The highest BCUT2D eigenvalue weighted by Gasteiger charge is 2.17. The number of aromatic nitrogens is 2. The maximum Gasteiger partial charge on any atom is 0.139 e. The molecule has 6 nitrogen and oxygen atoms in total. The summed E-state index contributed by atoms with van der Waals surface area (Å²) in [5, 5.41) is 13.4. The smallest absolute Gasteiger partial charge is 0.139 e. The number of aliphatic hydroxyl groups is 1. The number of para-hydroxylation sites is 1. The minimum atomic E-state index is -0.0134. The molecule has 2 N–H and O–H groups in total. The molecule has 0 saturated heterocycles. The normalized spacial score (nSPS) is 18.5. The zero-order valence-electron chi connectivity index (χ0n) is 19.3. The summed E-state index contributed by atoms with van der Waals surface area (Å²) in [6.07, 6.45) is 5.46. The number of rotatable bonds is 6. The second-order valence-electron chi connectivity index (χ2n) is 8.79. The van der Waals surface area contributed by atoms with E-state index in [9.17, 15) is 0 Å². The summed E-state index contributed by atoms with van der Waals surface area (Å²) in [7, 11) is 3.99. The van der Waals surface area contributed by atoms with E-state index in [-0.39, 0.29) is 6.61 Å². The average molecular weight is 425 g/mol. The zero-order valence-corrected chi connectivity index (χ0v) is 19.3. The van der Waals surface area contributed by atoms with Crippen LogP contribution in [0.15, 0.2) is 40.8 Å². The number of aliphatic hydroxyl groups excluding tert-OH is 1. The third kappa shape index (κ3) is 6.77. The molecule has 6 heteroatoms. The van der Waals surface area contributed by atoms with Crippen molar-refractivity contribution in [1.82, 2.24) is 15.3 Å². The first-order valence-corrected chi connectivity index (χ1v) is 11.3. The van der Waals surface area contributed by atoms with Crippen molar-refractivity contribution < 1.29 is 9.52 Å². The van der Waals surface area contributed by atoms with Crippen LogP contribution in [-0.4, -0.2) is 35.7 Å². The summed E-state index contributed by atoms with van der Waals surface area (Å²) in [6.45, 7) is 6.11. The van der Waals surface area contributed by atoms with Crippen LogP contribution >= 0.6 is 0 Å². The van der Waals surface area contributed by atoms with Gasteiger partial charge in [0.2, 0.25) is 0 Å². The van der Waals surface area contributed by atoms with E-state index in [1.807, 2.05) is 62.3 Å². The SMILES string of the molecule is CC1CCC(CNCc2ccc(CO)o2)CC1.Cc1nc(N(C)C)c2ccccc2n1. The van der Waals surface area contributed by atoms with E-state index in [2.05, 4.69) is 22.2 Å². The van der Waals surface area contributed by atoms with Crippen molar-refractivity contribution >= 4 is 16.7 Å². The van der Waals surface area contributed by atoms with Gasteiger partial charge in [0.15, 0.2) is 0 Å². The third-order valence-corrected chi connectivity index (χ3v) is 5.86. The Balaban J connectivity index is 0.000000179. The monoisotopic (exact) mass is 424 g/mol. The molecule has 0 amide bonds. The Kier molecular flexibility index (Phi) is 8.43. The van der Waals surface area contributed by atoms with Crippen LogP contribution in [0.3, 0.4) is 0 Å².